The molecule has 1 aromatic carbocycles. The van der Waals surface area contributed by atoms with Crippen molar-refractivity contribution in [1.82, 2.24) is 9.88 Å². The van der Waals surface area contributed by atoms with E-state index >= 15 is 0 Å². The lowest BCUT2D eigenvalue weighted by Crippen LogP contribution is -2.48. The van der Waals surface area contributed by atoms with Crippen LogP contribution in [-0.2, 0) is 30.4 Å². The highest BCUT2D eigenvalue weighted by molar-refractivity contribution is 7.14. The molecule has 0 unspecified atom stereocenters. The first kappa shape index (κ1) is 35.0. The smallest absolute Gasteiger partial charge is 0.419 e. The first-order chi connectivity index (χ1) is 19.8. The van der Waals surface area contributed by atoms with E-state index in [-0.39, 0.29) is 30.5 Å². The molecule has 0 bridgehead atoms. The fourth-order valence-corrected chi connectivity index (χ4v) is 3.94. The SMILES string of the molecule is CC(C)(C)OC(=O)N(CCN(C(=O)OC(C)(C)C)c1nc(C(=NOCc2ccccc2)C(=O)O)cs1)C(=O)OC(C)(C)C. The van der Waals surface area contributed by atoms with Crippen LogP contribution < -0.4 is 4.90 Å². The van der Waals surface area contributed by atoms with Crippen LogP contribution in [-0.4, -0.2) is 74.8 Å². The number of aromatic nitrogens is 1. The Balaban J connectivity index is 2.38. The van der Waals surface area contributed by atoms with Crippen molar-refractivity contribution in [3.8, 4) is 0 Å². The first-order valence-corrected chi connectivity index (χ1v) is 14.3. The number of carboxylic acid groups (broad SMARTS) is 1. The Morgan fingerprint density at radius 2 is 1.33 bits per heavy atom. The lowest BCUT2D eigenvalue weighted by molar-refractivity contribution is -0.129. The minimum atomic E-state index is -1.39. The van der Waals surface area contributed by atoms with Crippen molar-refractivity contribution in [3.05, 3.63) is 47.0 Å². The second-order valence-corrected chi connectivity index (χ2v) is 13.1. The number of nitrogens with zero attached hydrogens (tertiary/aromatic N) is 4. The first-order valence-electron chi connectivity index (χ1n) is 13.4. The fourth-order valence-electron chi connectivity index (χ4n) is 3.11. The Bertz CT molecular complexity index is 1280. The molecule has 0 spiro atoms. The lowest BCUT2D eigenvalue weighted by atomic mass is 10.2. The molecule has 236 valence electrons. The molecule has 13 nitrogen and oxygen atoms in total. The fraction of sp³-hybridized carbons (Fsp3) is 0.517. The summed E-state index contributed by atoms with van der Waals surface area (Å²) in [5.41, 5.74) is -2.49. The topological polar surface area (TPSA) is 157 Å². The molecule has 2 aromatic rings. The Labute approximate surface area is 255 Å². The van der Waals surface area contributed by atoms with E-state index in [4.69, 9.17) is 19.0 Å². The number of carbonyl (C=O) groups is 4. The number of carboxylic acids is 1. The van der Waals surface area contributed by atoms with E-state index in [1.54, 1.807) is 74.4 Å². The summed E-state index contributed by atoms with van der Waals surface area (Å²) in [4.78, 5) is 62.5. The molecule has 0 saturated heterocycles. The largest absolute Gasteiger partial charge is 0.476 e. The summed E-state index contributed by atoms with van der Waals surface area (Å²) in [5, 5.41) is 14.9. The summed E-state index contributed by atoms with van der Waals surface area (Å²) in [5.74, 6) is -1.39. The third-order valence-electron chi connectivity index (χ3n) is 4.79. The highest BCUT2D eigenvalue weighted by Crippen LogP contribution is 2.24. The molecule has 2 rings (SSSR count). The Morgan fingerprint density at radius 3 is 1.81 bits per heavy atom. The van der Waals surface area contributed by atoms with Crippen LogP contribution in [0.15, 0.2) is 40.9 Å². The Kier molecular flexibility index (Phi) is 11.7. The predicted octanol–water partition coefficient (Wildman–Crippen LogP) is 6.06. The zero-order valence-corrected chi connectivity index (χ0v) is 26.8. The van der Waals surface area contributed by atoms with Gasteiger partial charge in [-0.1, -0.05) is 35.5 Å². The highest BCUT2D eigenvalue weighted by Gasteiger charge is 2.34. The molecule has 0 aliphatic carbocycles. The van der Waals surface area contributed by atoms with Crippen LogP contribution in [0.1, 0.15) is 73.6 Å². The van der Waals surface area contributed by atoms with Gasteiger partial charge in [0.15, 0.2) is 5.13 Å². The van der Waals surface area contributed by atoms with E-state index < -0.39 is 46.8 Å². The molecule has 14 heteroatoms. The summed E-state index contributed by atoms with van der Waals surface area (Å²) in [6, 6.07) is 9.06. The molecular formula is C29H40N4O9S. The minimum Gasteiger partial charge on any atom is -0.476 e. The van der Waals surface area contributed by atoms with Crippen LogP contribution >= 0.6 is 11.3 Å². The summed E-state index contributed by atoms with van der Waals surface area (Å²) >= 11 is 0.939. The molecule has 1 N–H and O–H groups in total. The van der Waals surface area contributed by atoms with Gasteiger partial charge in [-0.2, -0.15) is 0 Å². The van der Waals surface area contributed by atoms with Gasteiger partial charge in [-0.15, -0.1) is 11.3 Å². The number of ether oxygens (including phenoxy) is 3. The molecule has 0 atom stereocenters. The number of hydrogen-bond donors (Lipinski definition) is 1. The van der Waals surface area contributed by atoms with Gasteiger partial charge in [0, 0.05) is 11.9 Å². The molecule has 0 aliphatic heterocycles. The predicted molar refractivity (Wildman–Crippen MR) is 160 cm³/mol. The standard InChI is InChI=1S/C29H40N4O9S/c1-27(2,3)40-24(36)32(15-16-33(25(37)41-28(4,5)6)26(38)42-29(7,8)9)23-30-20(18-43-23)21(22(34)35)31-39-17-19-13-11-10-12-14-19/h10-14,18H,15-17H2,1-9H3,(H,34,35). The molecule has 0 radical (unpaired) electrons. The summed E-state index contributed by atoms with van der Waals surface area (Å²) < 4.78 is 16.3. The average Bonchev–Trinajstić information content (AvgIpc) is 3.30. The zero-order chi connectivity index (χ0) is 32.6. The Morgan fingerprint density at radius 1 is 0.814 bits per heavy atom. The van der Waals surface area contributed by atoms with Gasteiger partial charge in [-0.05, 0) is 67.9 Å². The number of aliphatic carboxylic acids is 1. The normalized spacial score (nSPS) is 12.3. The van der Waals surface area contributed by atoms with E-state index in [0.29, 0.717) is 0 Å². The van der Waals surface area contributed by atoms with E-state index in [0.717, 1.165) is 26.7 Å². The number of anilines is 1. The summed E-state index contributed by atoms with van der Waals surface area (Å²) in [6.07, 6.45) is -2.78. The van der Waals surface area contributed by atoms with Crippen LogP contribution in [0.2, 0.25) is 0 Å². The van der Waals surface area contributed by atoms with Crippen molar-refractivity contribution >= 4 is 46.4 Å². The van der Waals surface area contributed by atoms with Crippen molar-refractivity contribution in [1.29, 1.82) is 0 Å². The Hall–Kier alpha value is -4.20. The van der Waals surface area contributed by atoms with Crippen molar-refractivity contribution < 1.29 is 43.3 Å². The van der Waals surface area contributed by atoms with Gasteiger partial charge in [0.05, 0.1) is 6.54 Å². The van der Waals surface area contributed by atoms with Gasteiger partial charge < -0.3 is 24.2 Å². The van der Waals surface area contributed by atoms with Gasteiger partial charge >= 0.3 is 24.2 Å². The summed E-state index contributed by atoms with van der Waals surface area (Å²) in [7, 11) is 0. The van der Waals surface area contributed by atoms with E-state index in [1.165, 1.54) is 5.38 Å². The van der Waals surface area contributed by atoms with Gasteiger partial charge in [0.2, 0.25) is 5.71 Å². The van der Waals surface area contributed by atoms with Crippen molar-refractivity contribution in [2.45, 2.75) is 85.7 Å². The number of benzene rings is 1. The van der Waals surface area contributed by atoms with E-state index in [1.807, 2.05) is 18.2 Å². The molecular weight excluding hydrogens is 580 g/mol. The number of imide groups is 1. The molecule has 3 amide bonds. The third kappa shape index (κ3) is 12.3. The maximum Gasteiger partial charge on any atom is 0.419 e. The van der Waals surface area contributed by atoms with Crippen molar-refractivity contribution in [2.24, 2.45) is 5.16 Å². The minimum absolute atomic E-state index is 0.0316. The number of thiazole rings is 1. The maximum absolute atomic E-state index is 13.3. The average molecular weight is 621 g/mol. The van der Waals surface area contributed by atoms with Gasteiger partial charge in [-0.3, -0.25) is 4.90 Å². The number of rotatable bonds is 9. The molecule has 1 heterocycles. The van der Waals surface area contributed by atoms with Gasteiger partial charge in [0.25, 0.3) is 0 Å². The van der Waals surface area contributed by atoms with Crippen molar-refractivity contribution in [3.63, 3.8) is 0 Å². The number of amides is 3. The zero-order valence-electron chi connectivity index (χ0n) is 26.0. The molecule has 43 heavy (non-hydrogen) atoms. The number of carbonyl (C=O) groups excluding carboxylic acids is 3. The molecule has 0 fully saturated rings. The monoisotopic (exact) mass is 620 g/mol. The van der Waals surface area contributed by atoms with Crippen LogP contribution in [0.5, 0.6) is 0 Å². The highest BCUT2D eigenvalue weighted by atomic mass is 32.1. The molecule has 0 saturated carbocycles. The van der Waals surface area contributed by atoms with E-state index in [9.17, 15) is 24.3 Å². The van der Waals surface area contributed by atoms with Crippen LogP contribution in [0.4, 0.5) is 19.5 Å². The van der Waals surface area contributed by atoms with E-state index in [2.05, 4.69) is 10.1 Å². The number of oxime groups is 1. The molecule has 1 aromatic heterocycles. The van der Waals surface area contributed by atoms with Crippen molar-refractivity contribution in [2.75, 3.05) is 18.0 Å². The quantitative estimate of drug-likeness (QED) is 0.198. The molecule has 0 aliphatic rings. The lowest BCUT2D eigenvalue weighted by Gasteiger charge is -2.30. The second kappa shape index (κ2) is 14.3. The maximum atomic E-state index is 13.3. The second-order valence-electron chi connectivity index (χ2n) is 12.3. The summed E-state index contributed by atoms with van der Waals surface area (Å²) in [6.45, 7) is 14.3. The number of hydrogen-bond acceptors (Lipinski definition) is 11. The van der Waals surface area contributed by atoms with Crippen LogP contribution in [0.25, 0.3) is 0 Å². The van der Waals surface area contributed by atoms with Gasteiger partial charge in [-0.25, -0.2) is 29.1 Å². The van der Waals surface area contributed by atoms with Crippen LogP contribution in [0, 0.1) is 0 Å². The van der Waals surface area contributed by atoms with Gasteiger partial charge in [0.1, 0.15) is 29.1 Å². The third-order valence-corrected chi connectivity index (χ3v) is 5.65. The van der Waals surface area contributed by atoms with Crippen LogP contribution in [0.3, 0.4) is 0 Å².